The Balaban J connectivity index is 2.16. The zero-order chi connectivity index (χ0) is 15.5. The molecule has 5 heteroatoms. The molecule has 1 aliphatic rings. The van der Waals surface area contributed by atoms with Crippen molar-refractivity contribution >= 4 is 39.8 Å². The van der Waals surface area contributed by atoms with E-state index in [1.807, 2.05) is 36.4 Å². The molecule has 3 rings (SSSR count). The second kappa shape index (κ2) is 5.96. The normalized spacial score (nSPS) is 15.9. The summed E-state index contributed by atoms with van der Waals surface area (Å²) in [5.41, 5.74) is 0.737. The van der Waals surface area contributed by atoms with E-state index in [1.165, 1.54) is 0 Å². The van der Waals surface area contributed by atoms with Crippen LogP contribution in [0.3, 0.4) is 0 Å². The van der Waals surface area contributed by atoms with Crippen LogP contribution in [0.4, 0.5) is 4.79 Å². The average Bonchev–Trinajstić information content (AvgIpc) is 2.84. The van der Waals surface area contributed by atoms with Gasteiger partial charge in [-0.15, -0.1) is 6.42 Å². The number of amides is 2. The fourth-order valence-electron chi connectivity index (χ4n) is 2.22. The number of benzene rings is 2. The summed E-state index contributed by atoms with van der Waals surface area (Å²) in [7, 11) is 0. The molecule has 108 valence electrons. The lowest BCUT2D eigenvalue weighted by Crippen LogP contribution is -2.17. The Labute approximate surface area is 131 Å². The molecule has 4 nitrogen and oxygen atoms in total. The topological polar surface area (TPSA) is 55.4 Å². The molecule has 0 saturated carbocycles. The van der Waals surface area contributed by atoms with E-state index in [1.54, 1.807) is 6.08 Å². The number of hydrogen-bond donors (Lipinski definition) is 1. The van der Waals surface area contributed by atoms with Crippen LogP contribution in [0.1, 0.15) is 5.56 Å². The average molecular weight is 309 g/mol. The summed E-state index contributed by atoms with van der Waals surface area (Å²) < 4.78 is 5.56. The molecule has 1 N–H and O–H groups in total. The highest BCUT2D eigenvalue weighted by molar-refractivity contribution is 8.18. The molecule has 1 fully saturated rings. The van der Waals surface area contributed by atoms with E-state index in [2.05, 4.69) is 11.2 Å². The van der Waals surface area contributed by atoms with Crippen LogP contribution < -0.4 is 10.1 Å². The predicted molar refractivity (Wildman–Crippen MR) is 87.4 cm³/mol. The minimum atomic E-state index is -0.397. The van der Waals surface area contributed by atoms with Crippen LogP contribution in [-0.2, 0) is 4.79 Å². The highest BCUT2D eigenvalue weighted by Crippen LogP contribution is 2.33. The molecule has 0 spiro atoms. The minimum Gasteiger partial charge on any atom is -0.480 e. The number of nitrogens with one attached hydrogen (secondary N) is 1. The molecule has 1 heterocycles. The van der Waals surface area contributed by atoms with Crippen LogP contribution in [0, 0.1) is 12.3 Å². The van der Waals surface area contributed by atoms with Crippen LogP contribution in [-0.4, -0.2) is 17.8 Å². The highest BCUT2D eigenvalue weighted by Gasteiger charge is 2.25. The zero-order valence-electron chi connectivity index (χ0n) is 11.5. The third kappa shape index (κ3) is 2.69. The molecular weight excluding hydrogens is 298 g/mol. The van der Waals surface area contributed by atoms with Crippen LogP contribution in [0.15, 0.2) is 41.3 Å². The lowest BCUT2D eigenvalue weighted by Gasteiger charge is -2.10. The standard InChI is InChI=1S/C17H11NO3S/c1-2-9-21-14-8-7-11-5-3-4-6-12(11)13(14)10-15-16(19)18-17(20)22-15/h1,3-8,10H,9H2,(H,18,19,20). The van der Waals surface area contributed by atoms with Crippen LogP contribution in [0.5, 0.6) is 5.75 Å². The van der Waals surface area contributed by atoms with Crippen molar-refractivity contribution in [2.24, 2.45) is 0 Å². The Hall–Kier alpha value is -2.71. The van der Waals surface area contributed by atoms with Crippen molar-refractivity contribution in [2.45, 2.75) is 0 Å². The fourth-order valence-corrected chi connectivity index (χ4v) is 2.89. The second-order valence-corrected chi connectivity index (χ2v) is 5.56. The molecule has 0 aromatic heterocycles. The Morgan fingerprint density at radius 2 is 2.05 bits per heavy atom. The van der Waals surface area contributed by atoms with Gasteiger partial charge in [-0.2, -0.15) is 0 Å². The summed E-state index contributed by atoms with van der Waals surface area (Å²) in [5, 5.41) is 3.81. The first-order valence-corrected chi connectivity index (χ1v) is 7.33. The molecule has 0 radical (unpaired) electrons. The molecule has 2 aromatic carbocycles. The van der Waals surface area contributed by atoms with Crippen molar-refractivity contribution in [1.82, 2.24) is 5.32 Å². The number of carbonyl (C=O) groups is 2. The van der Waals surface area contributed by atoms with Gasteiger partial charge >= 0.3 is 0 Å². The van der Waals surface area contributed by atoms with E-state index in [0.29, 0.717) is 10.7 Å². The van der Waals surface area contributed by atoms with Crippen LogP contribution in [0.25, 0.3) is 16.8 Å². The third-order valence-electron chi connectivity index (χ3n) is 3.16. The number of hydrogen-bond acceptors (Lipinski definition) is 4. The van der Waals surface area contributed by atoms with Gasteiger partial charge in [-0.3, -0.25) is 14.9 Å². The largest absolute Gasteiger partial charge is 0.480 e. The van der Waals surface area contributed by atoms with Gasteiger partial charge in [0.25, 0.3) is 11.1 Å². The van der Waals surface area contributed by atoms with Crippen molar-refractivity contribution in [3.05, 3.63) is 46.9 Å². The van der Waals surface area contributed by atoms with Crippen LogP contribution in [0.2, 0.25) is 0 Å². The molecule has 2 aromatic rings. The van der Waals surface area contributed by atoms with E-state index < -0.39 is 5.91 Å². The molecule has 0 bridgehead atoms. The maximum atomic E-state index is 11.8. The second-order valence-electron chi connectivity index (χ2n) is 4.54. The van der Waals surface area contributed by atoms with Crippen molar-refractivity contribution in [1.29, 1.82) is 0 Å². The molecule has 0 unspecified atom stereocenters. The lowest BCUT2D eigenvalue weighted by molar-refractivity contribution is -0.115. The Kier molecular flexibility index (Phi) is 3.86. The number of thioether (sulfide) groups is 1. The minimum absolute atomic E-state index is 0.132. The quantitative estimate of drug-likeness (QED) is 0.699. The number of terminal acetylenes is 1. The maximum Gasteiger partial charge on any atom is 0.290 e. The fraction of sp³-hybridized carbons (Fsp3) is 0.0588. The number of rotatable bonds is 3. The molecule has 1 saturated heterocycles. The first-order valence-electron chi connectivity index (χ1n) is 6.52. The third-order valence-corrected chi connectivity index (χ3v) is 3.97. The van der Waals surface area contributed by atoms with Crippen molar-refractivity contribution in [3.8, 4) is 18.1 Å². The first-order chi connectivity index (χ1) is 10.7. The maximum absolute atomic E-state index is 11.8. The van der Waals surface area contributed by atoms with Crippen molar-refractivity contribution in [2.75, 3.05) is 6.61 Å². The number of carbonyl (C=O) groups excluding carboxylic acids is 2. The van der Waals surface area contributed by atoms with Crippen molar-refractivity contribution < 1.29 is 14.3 Å². The summed E-state index contributed by atoms with van der Waals surface area (Å²) >= 11 is 0.875. The molecule has 0 atom stereocenters. The SMILES string of the molecule is C#CCOc1ccc2ccccc2c1C=C1SC(=O)NC1=O. The summed E-state index contributed by atoms with van der Waals surface area (Å²) in [4.78, 5) is 23.4. The van der Waals surface area contributed by atoms with Gasteiger partial charge in [0.2, 0.25) is 0 Å². The molecule has 2 amide bonds. The number of fused-ring (bicyclic) bond motifs is 1. The molecule has 22 heavy (non-hydrogen) atoms. The van der Waals surface area contributed by atoms with E-state index in [9.17, 15) is 9.59 Å². The van der Waals surface area contributed by atoms with Crippen molar-refractivity contribution in [3.63, 3.8) is 0 Å². The predicted octanol–water partition coefficient (Wildman–Crippen LogP) is 3.18. The monoisotopic (exact) mass is 309 g/mol. The summed E-state index contributed by atoms with van der Waals surface area (Å²) in [6, 6.07) is 11.5. The number of ether oxygens (including phenoxy) is 1. The highest BCUT2D eigenvalue weighted by atomic mass is 32.2. The van der Waals surface area contributed by atoms with Crippen LogP contribution >= 0.6 is 11.8 Å². The van der Waals surface area contributed by atoms with E-state index >= 15 is 0 Å². The van der Waals surface area contributed by atoms with E-state index in [-0.39, 0.29) is 11.8 Å². The molecular formula is C17H11NO3S. The van der Waals surface area contributed by atoms with Gasteiger partial charge in [0, 0.05) is 5.56 Å². The van der Waals surface area contributed by atoms with Gasteiger partial charge < -0.3 is 4.74 Å². The van der Waals surface area contributed by atoms with Gasteiger partial charge in [0.05, 0.1) is 4.91 Å². The van der Waals surface area contributed by atoms with E-state index in [0.717, 1.165) is 28.1 Å². The first kappa shape index (κ1) is 14.2. The smallest absolute Gasteiger partial charge is 0.290 e. The number of imide groups is 1. The summed E-state index contributed by atoms with van der Waals surface area (Å²) in [5.74, 6) is 2.60. The van der Waals surface area contributed by atoms with E-state index in [4.69, 9.17) is 11.2 Å². The van der Waals surface area contributed by atoms with Gasteiger partial charge in [-0.25, -0.2) is 0 Å². The Morgan fingerprint density at radius 3 is 2.77 bits per heavy atom. The lowest BCUT2D eigenvalue weighted by atomic mass is 10.0. The molecule has 1 aliphatic heterocycles. The Bertz CT molecular complexity index is 849. The van der Waals surface area contributed by atoms with Gasteiger partial charge in [0.15, 0.2) is 0 Å². The zero-order valence-corrected chi connectivity index (χ0v) is 12.3. The molecule has 0 aliphatic carbocycles. The van der Waals surface area contributed by atoms with Gasteiger partial charge in [-0.05, 0) is 34.7 Å². The van der Waals surface area contributed by atoms with Gasteiger partial charge in [0.1, 0.15) is 12.4 Å². The summed E-state index contributed by atoms with van der Waals surface area (Å²) in [6.45, 7) is 0.132. The summed E-state index contributed by atoms with van der Waals surface area (Å²) in [6.07, 6.45) is 6.91. The van der Waals surface area contributed by atoms with Gasteiger partial charge in [-0.1, -0.05) is 36.3 Å². The Morgan fingerprint density at radius 1 is 1.23 bits per heavy atom.